The molecule has 1 N–H and O–H groups in total. The second-order valence-electron chi connectivity index (χ2n) is 2.76. The Hall–Kier alpha value is -0.550. The molecule has 0 aliphatic carbocycles. The van der Waals surface area contributed by atoms with Gasteiger partial charge in [0.25, 0.3) is 6.43 Å². The molecule has 0 fully saturated rings. The lowest BCUT2D eigenvalue weighted by atomic mass is 10.4. The fourth-order valence-electron chi connectivity index (χ4n) is 1.03. The van der Waals surface area contributed by atoms with Gasteiger partial charge in [0, 0.05) is 11.4 Å². The van der Waals surface area contributed by atoms with Crippen LogP contribution in [0.1, 0.15) is 15.6 Å². The molecule has 0 radical (unpaired) electrons. The summed E-state index contributed by atoms with van der Waals surface area (Å²) in [6.45, 7) is 4.04. The van der Waals surface area contributed by atoms with Gasteiger partial charge >= 0.3 is 0 Å². The third-order valence-electron chi connectivity index (χ3n) is 1.58. The molecule has 0 unspecified atom stereocenters. The maximum atomic E-state index is 11.8. The number of halogens is 2. The molecule has 0 amide bonds. The van der Waals surface area contributed by atoms with E-state index in [2.05, 4.69) is 10.3 Å². The van der Waals surface area contributed by atoms with Crippen molar-refractivity contribution in [3.63, 3.8) is 0 Å². The summed E-state index contributed by atoms with van der Waals surface area (Å²) in [5.41, 5.74) is 0.935. The molecular weight excluding hydrogens is 194 g/mol. The highest BCUT2D eigenvalue weighted by Gasteiger charge is 2.05. The Bertz CT molecular complexity index is 273. The summed E-state index contributed by atoms with van der Waals surface area (Å²) in [6.07, 6.45) is -2.28. The summed E-state index contributed by atoms with van der Waals surface area (Å²) < 4.78 is 23.5. The fourth-order valence-corrected chi connectivity index (χ4v) is 1.94. The molecule has 1 heterocycles. The van der Waals surface area contributed by atoms with E-state index >= 15 is 0 Å². The quantitative estimate of drug-likeness (QED) is 0.816. The molecule has 0 aromatic carbocycles. The number of nitrogens with zero attached hydrogens (tertiary/aromatic N) is 1. The zero-order chi connectivity index (χ0) is 9.84. The predicted molar refractivity (Wildman–Crippen MR) is 49.3 cm³/mol. The number of hydrogen-bond donors (Lipinski definition) is 1. The SMILES string of the molecule is Cc1nc(C)c(CNCC(F)F)s1. The van der Waals surface area contributed by atoms with Crippen molar-refractivity contribution in [2.24, 2.45) is 0 Å². The van der Waals surface area contributed by atoms with Crippen molar-refractivity contribution in [2.75, 3.05) is 6.54 Å². The lowest BCUT2D eigenvalue weighted by Gasteiger charge is -2.01. The number of alkyl halides is 2. The average molecular weight is 206 g/mol. The van der Waals surface area contributed by atoms with Crippen molar-refractivity contribution in [2.45, 2.75) is 26.8 Å². The van der Waals surface area contributed by atoms with Crippen LogP contribution in [0.3, 0.4) is 0 Å². The molecule has 0 bridgehead atoms. The van der Waals surface area contributed by atoms with Crippen LogP contribution in [0.5, 0.6) is 0 Å². The molecule has 2 nitrogen and oxygen atoms in total. The Morgan fingerprint density at radius 2 is 2.15 bits per heavy atom. The first kappa shape index (κ1) is 10.5. The lowest BCUT2D eigenvalue weighted by Crippen LogP contribution is -2.20. The highest BCUT2D eigenvalue weighted by molar-refractivity contribution is 7.11. The summed E-state index contributed by atoms with van der Waals surface area (Å²) in [4.78, 5) is 5.24. The van der Waals surface area contributed by atoms with Crippen molar-refractivity contribution in [3.05, 3.63) is 15.6 Å². The summed E-state index contributed by atoms with van der Waals surface area (Å²) in [6, 6.07) is 0. The van der Waals surface area contributed by atoms with Crippen LogP contribution in [0.25, 0.3) is 0 Å². The average Bonchev–Trinajstić information content (AvgIpc) is 2.29. The van der Waals surface area contributed by atoms with E-state index in [1.54, 1.807) is 11.3 Å². The zero-order valence-corrected chi connectivity index (χ0v) is 8.42. The number of aromatic nitrogens is 1. The van der Waals surface area contributed by atoms with Crippen LogP contribution in [-0.4, -0.2) is 18.0 Å². The number of thiazole rings is 1. The van der Waals surface area contributed by atoms with Gasteiger partial charge < -0.3 is 5.32 Å². The van der Waals surface area contributed by atoms with Crippen molar-refractivity contribution in [1.82, 2.24) is 10.3 Å². The first-order valence-electron chi connectivity index (χ1n) is 4.01. The van der Waals surface area contributed by atoms with Gasteiger partial charge in [0.2, 0.25) is 0 Å². The van der Waals surface area contributed by atoms with Crippen LogP contribution in [0, 0.1) is 13.8 Å². The highest BCUT2D eigenvalue weighted by Crippen LogP contribution is 2.16. The molecule has 1 aromatic heterocycles. The van der Waals surface area contributed by atoms with Crippen LogP contribution in [-0.2, 0) is 6.54 Å². The molecule has 0 atom stereocenters. The molecule has 0 aliphatic rings. The van der Waals surface area contributed by atoms with E-state index in [4.69, 9.17) is 0 Å². The van der Waals surface area contributed by atoms with Gasteiger partial charge in [-0.25, -0.2) is 13.8 Å². The molecule has 1 aromatic rings. The van der Waals surface area contributed by atoms with E-state index in [1.165, 1.54) is 0 Å². The number of hydrogen-bond acceptors (Lipinski definition) is 3. The maximum absolute atomic E-state index is 11.8. The molecule has 1 rings (SSSR count). The minimum Gasteiger partial charge on any atom is -0.306 e. The fraction of sp³-hybridized carbons (Fsp3) is 0.625. The zero-order valence-electron chi connectivity index (χ0n) is 7.60. The molecule has 13 heavy (non-hydrogen) atoms. The van der Waals surface area contributed by atoms with E-state index in [9.17, 15) is 8.78 Å². The monoisotopic (exact) mass is 206 g/mol. The van der Waals surface area contributed by atoms with Crippen molar-refractivity contribution < 1.29 is 8.78 Å². The molecule has 74 valence electrons. The number of rotatable bonds is 4. The van der Waals surface area contributed by atoms with Crippen molar-refractivity contribution in [3.8, 4) is 0 Å². The van der Waals surface area contributed by atoms with Crippen molar-refractivity contribution in [1.29, 1.82) is 0 Å². The Kier molecular flexibility index (Phi) is 3.74. The van der Waals surface area contributed by atoms with E-state index in [1.807, 2.05) is 13.8 Å². The predicted octanol–water partition coefficient (Wildman–Crippen LogP) is 2.11. The molecule has 0 saturated heterocycles. The van der Waals surface area contributed by atoms with Crippen molar-refractivity contribution >= 4 is 11.3 Å². The molecular formula is C8H12F2N2S. The van der Waals surface area contributed by atoms with Crippen LogP contribution in [0.2, 0.25) is 0 Å². The van der Waals surface area contributed by atoms with Gasteiger partial charge in [0.05, 0.1) is 17.2 Å². The number of aryl methyl sites for hydroxylation is 2. The van der Waals surface area contributed by atoms with E-state index in [0.717, 1.165) is 15.6 Å². The van der Waals surface area contributed by atoms with Gasteiger partial charge in [-0.3, -0.25) is 0 Å². The summed E-state index contributed by atoms with van der Waals surface area (Å²) in [7, 11) is 0. The van der Waals surface area contributed by atoms with Crippen LogP contribution >= 0.6 is 11.3 Å². The van der Waals surface area contributed by atoms with Gasteiger partial charge in [0.15, 0.2) is 0 Å². The summed E-state index contributed by atoms with van der Waals surface area (Å²) >= 11 is 1.55. The van der Waals surface area contributed by atoms with Gasteiger partial charge in [0.1, 0.15) is 0 Å². The first-order valence-corrected chi connectivity index (χ1v) is 4.83. The third kappa shape index (κ3) is 3.36. The minimum absolute atomic E-state index is 0.254. The first-order chi connectivity index (χ1) is 6.09. The normalized spacial score (nSPS) is 11.2. The smallest absolute Gasteiger partial charge is 0.250 e. The standard InChI is InChI=1S/C8H12F2N2S/c1-5-7(13-6(2)12-5)3-11-4-8(9)10/h8,11H,3-4H2,1-2H3. The van der Waals surface area contributed by atoms with E-state index in [0.29, 0.717) is 6.54 Å². The Morgan fingerprint density at radius 3 is 2.62 bits per heavy atom. The van der Waals surface area contributed by atoms with Gasteiger partial charge in [-0.2, -0.15) is 0 Å². The Labute approximate surface area is 80.0 Å². The second kappa shape index (κ2) is 4.62. The molecule has 0 saturated carbocycles. The van der Waals surface area contributed by atoms with E-state index in [-0.39, 0.29) is 6.54 Å². The van der Waals surface area contributed by atoms with Gasteiger partial charge in [-0.15, -0.1) is 11.3 Å². The van der Waals surface area contributed by atoms with E-state index < -0.39 is 6.43 Å². The Balaban J connectivity index is 2.40. The minimum atomic E-state index is -2.28. The molecule has 0 aliphatic heterocycles. The van der Waals surface area contributed by atoms with Crippen LogP contribution in [0.4, 0.5) is 8.78 Å². The number of nitrogens with one attached hydrogen (secondary N) is 1. The Morgan fingerprint density at radius 1 is 1.46 bits per heavy atom. The lowest BCUT2D eigenvalue weighted by molar-refractivity contribution is 0.145. The molecule has 5 heteroatoms. The summed E-state index contributed by atoms with van der Waals surface area (Å²) in [5, 5.41) is 3.65. The summed E-state index contributed by atoms with van der Waals surface area (Å²) in [5.74, 6) is 0. The van der Waals surface area contributed by atoms with Crippen LogP contribution < -0.4 is 5.32 Å². The topological polar surface area (TPSA) is 24.9 Å². The van der Waals surface area contributed by atoms with Gasteiger partial charge in [-0.05, 0) is 13.8 Å². The maximum Gasteiger partial charge on any atom is 0.250 e. The van der Waals surface area contributed by atoms with Crippen LogP contribution in [0.15, 0.2) is 0 Å². The molecule has 0 spiro atoms. The highest BCUT2D eigenvalue weighted by atomic mass is 32.1. The second-order valence-corrected chi connectivity index (χ2v) is 4.05. The largest absolute Gasteiger partial charge is 0.306 e. The van der Waals surface area contributed by atoms with Gasteiger partial charge in [-0.1, -0.05) is 0 Å². The third-order valence-corrected chi connectivity index (χ3v) is 2.66.